The van der Waals surface area contributed by atoms with Gasteiger partial charge in [0, 0.05) is 39.2 Å². The van der Waals surface area contributed by atoms with Gasteiger partial charge in [-0.2, -0.15) is 0 Å². The molecule has 1 aromatic rings. The first kappa shape index (κ1) is 22.2. The maximum Gasteiger partial charge on any atom is 0.181 e. The Morgan fingerprint density at radius 1 is 1.14 bits per heavy atom. The second-order valence-electron chi connectivity index (χ2n) is 9.48. The van der Waals surface area contributed by atoms with Crippen molar-refractivity contribution in [3.8, 4) is 11.8 Å². The molecule has 1 atom stereocenters. The molecule has 0 aromatic heterocycles. The molecule has 0 saturated carbocycles. The highest BCUT2D eigenvalue weighted by Gasteiger charge is 2.49. The third-order valence-corrected chi connectivity index (χ3v) is 5.75. The number of benzene rings is 1. The highest BCUT2D eigenvalue weighted by atomic mass is 15.1. The largest absolute Gasteiger partial charge is 0.201 e. The van der Waals surface area contributed by atoms with Gasteiger partial charge in [0.2, 0.25) is 0 Å². The highest BCUT2D eigenvalue weighted by molar-refractivity contribution is 5.71. The zero-order valence-electron chi connectivity index (χ0n) is 19.2. The van der Waals surface area contributed by atoms with Crippen molar-refractivity contribution in [3.05, 3.63) is 58.8 Å². The molecule has 0 radical (unpaired) electrons. The minimum absolute atomic E-state index is 0.0487. The summed E-state index contributed by atoms with van der Waals surface area (Å²) in [7, 11) is 0. The average molecular weight is 377 g/mol. The summed E-state index contributed by atoms with van der Waals surface area (Å²) in [6.07, 6.45) is 9.69. The van der Waals surface area contributed by atoms with E-state index in [1.54, 1.807) is 0 Å². The van der Waals surface area contributed by atoms with Crippen LogP contribution in [-0.2, 0) is 11.8 Å². The van der Waals surface area contributed by atoms with Crippen molar-refractivity contribution in [1.29, 1.82) is 0 Å². The quantitative estimate of drug-likeness (QED) is 0.307. The van der Waals surface area contributed by atoms with Crippen LogP contribution < -0.4 is 0 Å². The Kier molecular flexibility index (Phi) is 7.11. The van der Waals surface area contributed by atoms with Crippen LogP contribution in [0.4, 0.5) is 0 Å². The Bertz CT molecular complexity index is 834. The van der Waals surface area contributed by atoms with E-state index in [4.69, 9.17) is 0 Å². The van der Waals surface area contributed by atoms with Gasteiger partial charge in [0.05, 0.1) is 5.41 Å². The van der Waals surface area contributed by atoms with Crippen molar-refractivity contribution < 1.29 is 4.58 Å². The molecule has 28 heavy (non-hydrogen) atoms. The highest BCUT2D eigenvalue weighted by Crippen LogP contribution is 2.40. The molecule has 0 fully saturated rings. The predicted molar refractivity (Wildman–Crippen MR) is 123 cm³/mol. The summed E-state index contributed by atoms with van der Waals surface area (Å²) in [5, 5.41) is 0. The molecule has 1 heteroatoms. The lowest BCUT2D eigenvalue weighted by Gasteiger charge is -2.22. The molecule has 0 aliphatic carbocycles. The summed E-state index contributed by atoms with van der Waals surface area (Å²) < 4.78 is 2.47. The van der Waals surface area contributed by atoms with Gasteiger partial charge in [-0.25, -0.2) is 4.58 Å². The first-order chi connectivity index (χ1) is 13.1. The first-order valence-corrected chi connectivity index (χ1v) is 10.7. The summed E-state index contributed by atoms with van der Waals surface area (Å²) in [6, 6.07) is 9.29. The van der Waals surface area contributed by atoms with Gasteiger partial charge in [-0.05, 0) is 49.5 Å². The minimum atomic E-state index is 0.0487. The molecule has 0 amide bonds. The average Bonchev–Trinajstić information content (AvgIpc) is 2.88. The second-order valence-corrected chi connectivity index (χ2v) is 9.48. The van der Waals surface area contributed by atoms with Crippen LogP contribution in [0, 0.1) is 17.8 Å². The zero-order valence-corrected chi connectivity index (χ0v) is 19.2. The normalized spacial score (nSPS) is 22.1. The Hall–Kier alpha value is -2.07. The standard InChI is InChI=1S/C27H38N/c1-9-10-11-12-13-22(4)23(5)28-20-27(8,19-26(28,6)7)25-16-14-24(15-17-25)18-21(2)3/h12-17,20-21H,9,18-19H2,1-8H3/q+1/b13-12-,23-22+. The van der Waals surface area contributed by atoms with Crippen LogP contribution in [0.1, 0.15) is 79.4 Å². The summed E-state index contributed by atoms with van der Waals surface area (Å²) in [5.74, 6) is 6.89. The van der Waals surface area contributed by atoms with E-state index in [2.05, 4.69) is 108 Å². The molecule has 1 heterocycles. The molecule has 1 aromatic carbocycles. The third kappa shape index (κ3) is 5.26. The van der Waals surface area contributed by atoms with Crippen molar-refractivity contribution in [2.45, 2.75) is 85.6 Å². The van der Waals surface area contributed by atoms with Gasteiger partial charge in [0.15, 0.2) is 17.5 Å². The number of rotatable bonds is 5. The Balaban J connectivity index is 2.35. The lowest BCUT2D eigenvalue weighted by Crippen LogP contribution is -2.32. The molecule has 0 bridgehead atoms. The second kappa shape index (κ2) is 8.95. The summed E-state index contributed by atoms with van der Waals surface area (Å²) in [6.45, 7) is 18.1. The van der Waals surface area contributed by atoms with Crippen LogP contribution >= 0.6 is 0 Å². The Morgan fingerprint density at radius 2 is 1.79 bits per heavy atom. The molecule has 2 rings (SSSR count). The fourth-order valence-electron chi connectivity index (χ4n) is 4.35. The summed E-state index contributed by atoms with van der Waals surface area (Å²) in [5.41, 5.74) is 5.55. The Morgan fingerprint density at radius 3 is 2.36 bits per heavy atom. The number of allylic oxidation sites excluding steroid dienone is 4. The van der Waals surface area contributed by atoms with Crippen LogP contribution in [-0.4, -0.2) is 16.3 Å². The topological polar surface area (TPSA) is 3.01 Å². The smallest absolute Gasteiger partial charge is 0.181 e. The summed E-state index contributed by atoms with van der Waals surface area (Å²) >= 11 is 0. The maximum absolute atomic E-state index is 3.10. The predicted octanol–water partition coefficient (Wildman–Crippen LogP) is 6.67. The molecule has 0 saturated heterocycles. The van der Waals surface area contributed by atoms with Crippen LogP contribution in [0.5, 0.6) is 0 Å². The van der Waals surface area contributed by atoms with Gasteiger partial charge in [-0.15, -0.1) is 0 Å². The van der Waals surface area contributed by atoms with Gasteiger partial charge in [0.1, 0.15) is 0 Å². The van der Waals surface area contributed by atoms with Gasteiger partial charge >= 0.3 is 0 Å². The first-order valence-electron chi connectivity index (χ1n) is 10.7. The summed E-state index contributed by atoms with van der Waals surface area (Å²) in [4.78, 5) is 0. The molecule has 1 aliphatic rings. The van der Waals surface area contributed by atoms with Crippen molar-refractivity contribution in [3.63, 3.8) is 0 Å². The molecule has 1 aliphatic heterocycles. The van der Waals surface area contributed by atoms with E-state index in [-0.39, 0.29) is 11.0 Å². The van der Waals surface area contributed by atoms with E-state index in [0.29, 0.717) is 5.92 Å². The number of nitrogens with zero attached hydrogens (tertiary/aromatic N) is 1. The molecule has 1 unspecified atom stereocenters. The molecule has 1 nitrogen and oxygen atoms in total. The Labute approximate surface area is 173 Å². The SMILES string of the molecule is CCC#C/C=C\C(C)=C(/C)[N+]1=CC(C)(c2ccc(CC(C)C)cc2)CC1(C)C. The molecule has 0 N–H and O–H groups in total. The lowest BCUT2D eigenvalue weighted by atomic mass is 9.77. The van der Waals surface area contributed by atoms with E-state index in [0.717, 1.165) is 19.3 Å². The molecule has 0 spiro atoms. The number of hydrogen-bond donors (Lipinski definition) is 0. The monoisotopic (exact) mass is 376 g/mol. The van der Waals surface area contributed by atoms with E-state index in [9.17, 15) is 0 Å². The van der Waals surface area contributed by atoms with Crippen LogP contribution in [0.2, 0.25) is 0 Å². The van der Waals surface area contributed by atoms with E-state index in [1.165, 1.54) is 22.4 Å². The van der Waals surface area contributed by atoms with Crippen molar-refractivity contribution in [2.24, 2.45) is 5.92 Å². The third-order valence-electron chi connectivity index (χ3n) is 5.75. The van der Waals surface area contributed by atoms with Crippen LogP contribution in [0.25, 0.3) is 0 Å². The molecule has 150 valence electrons. The van der Waals surface area contributed by atoms with E-state index >= 15 is 0 Å². The maximum atomic E-state index is 3.10. The van der Waals surface area contributed by atoms with Crippen molar-refractivity contribution in [2.75, 3.05) is 0 Å². The van der Waals surface area contributed by atoms with Crippen molar-refractivity contribution >= 4 is 6.21 Å². The van der Waals surface area contributed by atoms with Crippen LogP contribution in [0.15, 0.2) is 47.7 Å². The van der Waals surface area contributed by atoms with Gasteiger partial charge in [0.25, 0.3) is 0 Å². The van der Waals surface area contributed by atoms with Gasteiger partial charge in [-0.1, -0.05) is 56.9 Å². The van der Waals surface area contributed by atoms with Crippen molar-refractivity contribution in [1.82, 2.24) is 0 Å². The number of hydrogen-bond acceptors (Lipinski definition) is 0. The van der Waals surface area contributed by atoms with Gasteiger partial charge in [-0.3, -0.25) is 0 Å². The van der Waals surface area contributed by atoms with Crippen LogP contribution in [0.3, 0.4) is 0 Å². The molecular weight excluding hydrogens is 338 g/mol. The van der Waals surface area contributed by atoms with E-state index < -0.39 is 0 Å². The molecular formula is C27H38N+. The van der Waals surface area contributed by atoms with Gasteiger partial charge < -0.3 is 0 Å². The lowest BCUT2D eigenvalue weighted by molar-refractivity contribution is -0.544. The fourth-order valence-corrected chi connectivity index (χ4v) is 4.35. The fraction of sp³-hybridized carbons (Fsp3) is 0.519. The zero-order chi connectivity index (χ0) is 20.9. The minimum Gasteiger partial charge on any atom is -0.201 e. The van der Waals surface area contributed by atoms with E-state index in [1.807, 2.05) is 6.08 Å².